The lowest BCUT2D eigenvalue weighted by molar-refractivity contribution is 0.0240. The highest BCUT2D eigenvalue weighted by atomic mass is 16.5. The van der Waals surface area contributed by atoms with Crippen molar-refractivity contribution >= 4 is 0 Å². The van der Waals surface area contributed by atoms with E-state index in [9.17, 15) is 0 Å². The van der Waals surface area contributed by atoms with E-state index in [1.54, 1.807) is 0 Å². The minimum Gasteiger partial charge on any atom is -0.381 e. The maximum atomic E-state index is 5.41. The van der Waals surface area contributed by atoms with E-state index in [1.165, 1.54) is 38.8 Å². The molecule has 88 valence electrons. The number of ether oxygens (including phenoxy) is 1. The molecule has 0 radical (unpaired) electrons. The highest BCUT2D eigenvalue weighted by Crippen LogP contribution is 2.19. The molecule has 2 saturated heterocycles. The number of rotatable bonds is 3. The van der Waals surface area contributed by atoms with Gasteiger partial charge in [-0.05, 0) is 45.3 Å². The molecule has 0 aromatic heterocycles. The molecule has 2 aliphatic heterocycles. The number of piperidine rings is 1. The molecule has 1 N–H and O–H groups in total. The summed E-state index contributed by atoms with van der Waals surface area (Å²) in [5, 5.41) is 3.56. The molecule has 2 heterocycles. The summed E-state index contributed by atoms with van der Waals surface area (Å²) < 4.78 is 5.41. The molecule has 15 heavy (non-hydrogen) atoms. The highest BCUT2D eigenvalue weighted by Gasteiger charge is 2.25. The van der Waals surface area contributed by atoms with Crippen molar-refractivity contribution in [3.63, 3.8) is 0 Å². The molecule has 2 fully saturated rings. The van der Waals surface area contributed by atoms with Crippen molar-refractivity contribution in [3.05, 3.63) is 0 Å². The predicted octanol–water partition coefficient (Wildman–Crippen LogP) is 1.24. The van der Waals surface area contributed by atoms with Crippen LogP contribution in [0, 0.1) is 0 Å². The first-order chi connectivity index (χ1) is 7.40. The van der Waals surface area contributed by atoms with Gasteiger partial charge in [0.1, 0.15) is 0 Å². The molecule has 0 saturated carbocycles. The first-order valence-corrected chi connectivity index (χ1v) is 6.45. The molecule has 3 nitrogen and oxygen atoms in total. The Labute approximate surface area is 93.2 Å². The molecular formula is C12H24N2O. The maximum absolute atomic E-state index is 5.41. The van der Waals surface area contributed by atoms with E-state index >= 15 is 0 Å². The standard InChI is InChI=1S/C12H24N2O/c1-2-13-11-3-7-14(8-4-11)12-5-9-15-10-6-12/h11-13H,2-10H2,1H3. The van der Waals surface area contributed by atoms with E-state index in [-0.39, 0.29) is 0 Å². The summed E-state index contributed by atoms with van der Waals surface area (Å²) in [5.74, 6) is 0. The Morgan fingerprint density at radius 2 is 1.80 bits per heavy atom. The zero-order valence-electron chi connectivity index (χ0n) is 9.87. The summed E-state index contributed by atoms with van der Waals surface area (Å²) in [6, 6.07) is 1.58. The lowest BCUT2D eigenvalue weighted by Gasteiger charge is -2.39. The summed E-state index contributed by atoms with van der Waals surface area (Å²) in [5.41, 5.74) is 0. The Morgan fingerprint density at radius 3 is 2.40 bits per heavy atom. The first-order valence-electron chi connectivity index (χ1n) is 6.45. The van der Waals surface area contributed by atoms with Gasteiger partial charge in [-0.1, -0.05) is 6.92 Å². The minimum absolute atomic E-state index is 0.770. The maximum Gasteiger partial charge on any atom is 0.0480 e. The van der Waals surface area contributed by atoms with Gasteiger partial charge in [0, 0.05) is 25.3 Å². The Hall–Kier alpha value is -0.120. The van der Waals surface area contributed by atoms with Crippen LogP contribution in [0.1, 0.15) is 32.6 Å². The largest absolute Gasteiger partial charge is 0.381 e. The summed E-state index contributed by atoms with van der Waals surface area (Å²) in [7, 11) is 0. The molecule has 0 atom stereocenters. The van der Waals surface area contributed by atoms with Crippen LogP contribution in [0.15, 0.2) is 0 Å². The molecule has 0 aliphatic carbocycles. The van der Waals surface area contributed by atoms with E-state index < -0.39 is 0 Å². The van der Waals surface area contributed by atoms with Gasteiger partial charge in [0.05, 0.1) is 0 Å². The molecule has 0 amide bonds. The van der Waals surface area contributed by atoms with Crippen LogP contribution in [-0.2, 0) is 4.74 Å². The second kappa shape index (κ2) is 5.83. The van der Waals surface area contributed by atoms with Crippen molar-refractivity contribution in [2.24, 2.45) is 0 Å². The Balaban J connectivity index is 1.72. The van der Waals surface area contributed by atoms with Crippen molar-refractivity contribution < 1.29 is 4.74 Å². The average Bonchev–Trinajstić information content (AvgIpc) is 2.32. The van der Waals surface area contributed by atoms with Gasteiger partial charge in [0.15, 0.2) is 0 Å². The van der Waals surface area contributed by atoms with E-state index in [2.05, 4.69) is 17.1 Å². The van der Waals surface area contributed by atoms with Gasteiger partial charge in [-0.3, -0.25) is 0 Å². The second-order valence-electron chi connectivity index (χ2n) is 4.71. The van der Waals surface area contributed by atoms with Crippen molar-refractivity contribution in [1.29, 1.82) is 0 Å². The molecule has 2 aliphatic rings. The van der Waals surface area contributed by atoms with E-state index in [1.807, 2.05) is 0 Å². The topological polar surface area (TPSA) is 24.5 Å². The number of hydrogen-bond donors (Lipinski definition) is 1. The Bertz CT molecular complexity index is 172. The van der Waals surface area contributed by atoms with Crippen LogP contribution in [0.2, 0.25) is 0 Å². The summed E-state index contributed by atoms with van der Waals surface area (Å²) >= 11 is 0. The number of likely N-dealkylation sites (tertiary alicyclic amines) is 1. The third-order valence-electron chi connectivity index (χ3n) is 3.73. The van der Waals surface area contributed by atoms with Crippen LogP contribution >= 0.6 is 0 Å². The third-order valence-corrected chi connectivity index (χ3v) is 3.73. The van der Waals surface area contributed by atoms with Gasteiger partial charge in [0.25, 0.3) is 0 Å². The fourth-order valence-electron chi connectivity index (χ4n) is 2.81. The molecule has 3 heteroatoms. The molecule has 0 bridgehead atoms. The van der Waals surface area contributed by atoms with Gasteiger partial charge in [-0.15, -0.1) is 0 Å². The minimum atomic E-state index is 0.770. The Kier molecular flexibility index (Phi) is 4.42. The monoisotopic (exact) mass is 212 g/mol. The molecule has 0 aromatic carbocycles. The highest BCUT2D eigenvalue weighted by molar-refractivity contribution is 4.82. The normalized spacial score (nSPS) is 27.0. The van der Waals surface area contributed by atoms with Crippen molar-refractivity contribution in [3.8, 4) is 0 Å². The van der Waals surface area contributed by atoms with Crippen LogP contribution in [0.25, 0.3) is 0 Å². The smallest absolute Gasteiger partial charge is 0.0480 e. The fourth-order valence-corrected chi connectivity index (χ4v) is 2.81. The van der Waals surface area contributed by atoms with Crippen LogP contribution in [-0.4, -0.2) is 49.8 Å². The van der Waals surface area contributed by atoms with Crippen molar-refractivity contribution in [2.45, 2.75) is 44.7 Å². The summed E-state index contributed by atoms with van der Waals surface area (Å²) in [6.07, 6.45) is 5.13. The van der Waals surface area contributed by atoms with E-state index in [0.29, 0.717) is 0 Å². The van der Waals surface area contributed by atoms with Crippen LogP contribution in [0.3, 0.4) is 0 Å². The summed E-state index contributed by atoms with van der Waals surface area (Å²) in [6.45, 7) is 7.81. The predicted molar refractivity (Wildman–Crippen MR) is 62.1 cm³/mol. The second-order valence-corrected chi connectivity index (χ2v) is 4.71. The number of nitrogens with zero attached hydrogens (tertiary/aromatic N) is 1. The molecular weight excluding hydrogens is 188 g/mol. The van der Waals surface area contributed by atoms with E-state index in [0.717, 1.165) is 31.8 Å². The molecule has 2 rings (SSSR count). The average molecular weight is 212 g/mol. The lowest BCUT2D eigenvalue weighted by Crippen LogP contribution is -2.48. The van der Waals surface area contributed by atoms with Gasteiger partial charge in [0.2, 0.25) is 0 Å². The first kappa shape index (κ1) is 11.4. The van der Waals surface area contributed by atoms with Crippen molar-refractivity contribution in [2.75, 3.05) is 32.8 Å². The number of nitrogens with one attached hydrogen (secondary N) is 1. The fraction of sp³-hybridized carbons (Fsp3) is 1.00. The molecule has 0 aromatic rings. The van der Waals surface area contributed by atoms with Crippen LogP contribution in [0.5, 0.6) is 0 Å². The van der Waals surface area contributed by atoms with Gasteiger partial charge >= 0.3 is 0 Å². The quantitative estimate of drug-likeness (QED) is 0.762. The van der Waals surface area contributed by atoms with Crippen molar-refractivity contribution in [1.82, 2.24) is 10.2 Å². The Morgan fingerprint density at radius 1 is 1.13 bits per heavy atom. The van der Waals surface area contributed by atoms with Crippen LogP contribution in [0.4, 0.5) is 0 Å². The van der Waals surface area contributed by atoms with Gasteiger partial charge in [-0.25, -0.2) is 0 Å². The number of hydrogen-bond acceptors (Lipinski definition) is 3. The lowest BCUT2D eigenvalue weighted by atomic mass is 10.00. The SMILES string of the molecule is CCNC1CCN(C2CCOCC2)CC1. The zero-order chi connectivity index (χ0) is 10.5. The van der Waals surface area contributed by atoms with Crippen LogP contribution < -0.4 is 5.32 Å². The molecule has 0 unspecified atom stereocenters. The zero-order valence-corrected chi connectivity index (χ0v) is 9.87. The van der Waals surface area contributed by atoms with Gasteiger partial charge < -0.3 is 15.0 Å². The van der Waals surface area contributed by atoms with Gasteiger partial charge in [-0.2, -0.15) is 0 Å². The summed E-state index contributed by atoms with van der Waals surface area (Å²) in [4.78, 5) is 2.68. The third kappa shape index (κ3) is 3.16. The molecule has 0 spiro atoms. The van der Waals surface area contributed by atoms with E-state index in [4.69, 9.17) is 4.74 Å².